The van der Waals surface area contributed by atoms with Crippen LogP contribution in [-0.4, -0.2) is 33.6 Å². The molecule has 2 saturated heterocycles. The van der Waals surface area contributed by atoms with Gasteiger partial charge in [0.2, 0.25) is 0 Å². The second-order valence-corrected chi connectivity index (χ2v) is 7.83. The van der Waals surface area contributed by atoms with E-state index < -0.39 is 0 Å². The van der Waals surface area contributed by atoms with Crippen LogP contribution < -0.4 is 5.56 Å². The Morgan fingerprint density at radius 3 is 2.42 bits per heavy atom. The Balaban J connectivity index is 1.57. The molecule has 5 nitrogen and oxygen atoms in total. The number of H-pyrrole nitrogens is 1. The number of nitrogens with zero attached hydrogens (tertiary/aromatic N) is 2. The van der Waals surface area contributed by atoms with Crippen molar-refractivity contribution in [3.05, 3.63) is 40.3 Å². The lowest BCUT2D eigenvalue weighted by Crippen LogP contribution is -2.42. The van der Waals surface area contributed by atoms with Gasteiger partial charge in [0.25, 0.3) is 11.5 Å². The van der Waals surface area contributed by atoms with Gasteiger partial charge in [-0.05, 0) is 55.9 Å². The van der Waals surface area contributed by atoms with E-state index in [0.29, 0.717) is 28.4 Å². The van der Waals surface area contributed by atoms with Crippen LogP contribution in [0.1, 0.15) is 42.6 Å². The predicted octanol–water partition coefficient (Wildman–Crippen LogP) is 2.57. The van der Waals surface area contributed by atoms with E-state index in [0.717, 1.165) is 31.2 Å². The van der Waals surface area contributed by atoms with Crippen molar-refractivity contribution >= 4 is 16.7 Å². The summed E-state index contributed by atoms with van der Waals surface area (Å²) in [4.78, 5) is 27.3. The topological polar surface area (TPSA) is 66.1 Å². The number of carbonyl (C=O) groups is 1. The number of nitrogens with one attached hydrogen (secondary N) is 1. The lowest BCUT2D eigenvalue weighted by molar-refractivity contribution is 0.0628. The lowest BCUT2D eigenvalue weighted by atomic mass is 9.68. The molecule has 4 bridgehead atoms. The van der Waals surface area contributed by atoms with Crippen molar-refractivity contribution in [1.82, 2.24) is 15.1 Å². The molecule has 4 atom stereocenters. The van der Waals surface area contributed by atoms with Crippen LogP contribution in [0, 0.1) is 17.8 Å². The Morgan fingerprint density at radius 1 is 1.00 bits per heavy atom. The first-order valence-corrected chi connectivity index (χ1v) is 8.97. The van der Waals surface area contributed by atoms with Gasteiger partial charge in [-0.15, -0.1) is 0 Å². The van der Waals surface area contributed by atoms with Crippen LogP contribution >= 0.6 is 0 Å². The SMILES string of the molecule is O=C(c1n[nH]c(=O)c2ccccc12)N1CC2C[C@@H]3CC1C[C@H](C2)C3. The molecule has 124 valence electrons. The zero-order valence-corrected chi connectivity index (χ0v) is 13.6. The van der Waals surface area contributed by atoms with Crippen LogP contribution in [0.3, 0.4) is 0 Å². The van der Waals surface area contributed by atoms with E-state index in [1.807, 2.05) is 18.2 Å². The van der Waals surface area contributed by atoms with Gasteiger partial charge >= 0.3 is 0 Å². The van der Waals surface area contributed by atoms with Crippen molar-refractivity contribution in [3.8, 4) is 0 Å². The molecule has 4 aliphatic rings. The summed E-state index contributed by atoms with van der Waals surface area (Å²) < 4.78 is 0. The van der Waals surface area contributed by atoms with Gasteiger partial charge in [0, 0.05) is 18.0 Å². The first-order valence-electron chi connectivity index (χ1n) is 8.97. The number of aromatic nitrogens is 2. The molecule has 2 aromatic rings. The smallest absolute Gasteiger partial charge is 0.275 e. The highest BCUT2D eigenvalue weighted by Crippen LogP contribution is 2.47. The van der Waals surface area contributed by atoms with Gasteiger partial charge in [-0.3, -0.25) is 9.59 Å². The van der Waals surface area contributed by atoms with Crippen molar-refractivity contribution in [3.63, 3.8) is 0 Å². The average Bonchev–Trinajstić information content (AvgIpc) is 2.78. The quantitative estimate of drug-likeness (QED) is 0.877. The van der Waals surface area contributed by atoms with Crippen LogP contribution in [0.5, 0.6) is 0 Å². The number of aromatic amines is 1. The summed E-state index contributed by atoms with van der Waals surface area (Å²) in [6.07, 6.45) is 6.18. The molecule has 2 unspecified atom stereocenters. The Kier molecular flexibility index (Phi) is 3.05. The number of benzene rings is 1. The standard InChI is InChI=1S/C19H21N3O2/c23-18-16-4-2-1-3-15(16)17(20-21-18)19(24)22-10-13-6-11-5-12(7-13)9-14(22)8-11/h1-4,11-14H,5-10H2,(H,21,23)/t11-,12+,13?,14?. The number of rotatable bonds is 1. The third kappa shape index (κ3) is 2.10. The maximum absolute atomic E-state index is 13.3. The Labute approximate surface area is 140 Å². The second kappa shape index (κ2) is 5.16. The molecule has 0 radical (unpaired) electrons. The average molecular weight is 323 g/mol. The molecule has 1 N–H and O–H groups in total. The van der Waals surface area contributed by atoms with Crippen LogP contribution in [0.25, 0.3) is 10.8 Å². The molecule has 2 aliphatic heterocycles. The fourth-order valence-corrected chi connectivity index (χ4v) is 5.45. The molecule has 5 heteroatoms. The highest BCUT2D eigenvalue weighted by atomic mass is 16.2. The second-order valence-electron chi connectivity index (χ2n) is 7.83. The van der Waals surface area contributed by atoms with E-state index in [2.05, 4.69) is 15.1 Å². The van der Waals surface area contributed by atoms with Gasteiger partial charge in [0.05, 0.1) is 5.39 Å². The Hall–Kier alpha value is -2.17. The largest absolute Gasteiger partial charge is 0.334 e. The van der Waals surface area contributed by atoms with Crippen molar-refractivity contribution in [2.24, 2.45) is 17.8 Å². The summed E-state index contributed by atoms with van der Waals surface area (Å²) in [7, 11) is 0. The maximum Gasteiger partial charge on any atom is 0.275 e. The van der Waals surface area contributed by atoms with Crippen molar-refractivity contribution < 1.29 is 4.79 Å². The summed E-state index contributed by atoms with van der Waals surface area (Å²) in [6, 6.07) is 7.60. The third-order valence-corrected chi connectivity index (χ3v) is 6.27. The Morgan fingerprint density at radius 2 is 1.67 bits per heavy atom. The number of hydrogen-bond donors (Lipinski definition) is 1. The number of carbonyl (C=O) groups excluding carboxylic acids is 1. The van der Waals surface area contributed by atoms with Gasteiger partial charge in [-0.25, -0.2) is 5.10 Å². The zero-order valence-electron chi connectivity index (χ0n) is 13.6. The van der Waals surface area contributed by atoms with Gasteiger partial charge in [0.15, 0.2) is 5.69 Å². The van der Waals surface area contributed by atoms with Crippen molar-refractivity contribution in [2.75, 3.05) is 6.54 Å². The highest BCUT2D eigenvalue weighted by molar-refractivity contribution is 6.04. The molecule has 1 aromatic carbocycles. The van der Waals surface area contributed by atoms with Crippen LogP contribution in [0.2, 0.25) is 0 Å². The molecular weight excluding hydrogens is 302 g/mol. The molecule has 1 amide bonds. The van der Waals surface area contributed by atoms with Gasteiger partial charge in [-0.1, -0.05) is 18.2 Å². The van der Waals surface area contributed by atoms with E-state index in [-0.39, 0.29) is 11.5 Å². The molecule has 2 saturated carbocycles. The Bertz CT molecular complexity index is 860. The summed E-state index contributed by atoms with van der Waals surface area (Å²) in [5.74, 6) is 2.22. The van der Waals surface area contributed by atoms with Crippen LogP contribution in [-0.2, 0) is 0 Å². The molecule has 2 aliphatic carbocycles. The molecule has 4 fully saturated rings. The van der Waals surface area contributed by atoms with Gasteiger partial charge < -0.3 is 4.90 Å². The fraction of sp³-hybridized carbons (Fsp3) is 0.526. The molecule has 24 heavy (non-hydrogen) atoms. The van der Waals surface area contributed by atoms with Crippen LogP contribution in [0.15, 0.2) is 29.1 Å². The zero-order chi connectivity index (χ0) is 16.3. The number of fused-ring (bicyclic) bond motifs is 2. The van der Waals surface area contributed by atoms with E-state index in [1.54, 1.807) is 6.07 Å². The lowest BCUT2D eigenvalue weighted by Gasteiger charge is -2.38. The third-order valence-electron chi connectivity index (χ3n) is 6.27. The van der Waals surface area contributed by atoms with Gasteiger partial charge in [-0.2, -0.15) is 5.10 Å². The molecule has 0 spiro atoms. The highest BCUT2D eigenvalue weighted by Gasteiger charge is 2.44. The minimum Gasteiger partial charge on any atom is -0.334 e. The molecular formula is C19H21N3O2. The predicted molar refractivity (Wildman–Crippen MR) is 90.7 cm³/mol. The van der Waals surface area contributed by atoms with E-state index in [9.17, 15) is 9.59 Å². The van der Waals surface area contributed by atoms with Crippen molar-refractivity contribution in [2.45, 2.75) is 38.1 Å². The number of hydrogen-bond acceptors (Lipinski definition) is 3. The van der Waals surface area contributed by atoms with Crippen molar-refractivity contribution in [1.29, 1.82) is 0 Å². The van der Waals surface area contributed by atoms with Crippen LogP contribution in [0.4, 0.5) is 0 Å². The minimum absolute atomic E-state index is 0.0133. The normalized spacial score (nSPS) is 31.4. The molecule has 6 rings (SSSR count). The van der Waals surface area contributed by atoms with E-state index >= 15 is 0 Å². The monoisotopic (exact) mass is 323 g/mol. The first kappa shape index (κ1) is 14.2. The van der Waals surface area contributed by atoms with E-state index in [4.69, 9.17) is 0 Å². The number of amides is 1. The van der Waals surface area contributed by atoms with E-state index in [1.165, 1.54) is 19.3 Å². The fourth-order valence-electron chi connectivity index (χ4n) is 5.45. The first-order chi connectivity index (χ1) is 11.7. The summed E-state index contributed by atoms with van der Waals surface area (Å²) in [5.41, 5.74) is 0.157. The minimum atomic E-state index is -0.238. The summed E-state index contributed by atoms with van der Waals surface area (Å²) in [5, 5.41) is 7.83. The van der Waals surface area contributed by atoms with Gasteiger partial charge in [0.1, 0.15) is 0 Å². The summed E-state index contributed by atoms with van der Waals surface area (Å²) in [6.45, 7) is 0.853. The molecule has 1 aromatic heterocycles. The molecule has 3 heterocycles. The summed E-state index contributed by atoms with van der Waals surface area (Å²) >= 11 is 0. The maximum atomic E-state index is 13.3.